The van der Waals surface area contributed by atoms with Crippen molar-refractivity contribution < 1.29 is 24.5 Å². The molecular formula is C24H22ClN3O6S. The van der Waals surface area contributed by atoms with E-state index in [-0.39, 0.29) is 6.10 Å². The Hall–Kier alpha value is -3.44. The lowest BCUT2D eigenvalue weighted by atomic mass is 10.1. The highest BCUT2D eigenvalue weighted by molar-refractivity contribution is 7.16. The van der Waals surface area contributed by atoms with E-state index in [1.54, 1.807) is 12.5 Å². The van der Waals surface area contributed by atoms with Gasteiger partial charge in [-0.1, -0.05) is 54.1 Å². The van der Waals surface area contributed by atoms with Gasteiger partial charge in [-0.15, -0.1) is 21.5 Å². The quantitative estimate of drug-likeness (QED) is 0.264. The van der Waals surface area contributed by atoms with Crippen LogP contribution in [0.25, 0.3) is 11.1 Å². The molecule has 9 nitrogen and oxygen atoms in total. The molecule has 0 aliphatic carbocycles. The van der Waals surface area contributed by atoms with E-state index in [9.17, 15) is 0 Å². The van der Waals surface area contributed by atoms with Gasteiger partial charge in [-0.05, 0) is 35.4 Å². The number of benzene rings is 2. The van der Waals surface area contributed by atoms with Crippen LogP contribution < -0.4 is 4.74 Å². The Labute approximate surface area is 210 Å². The van der Waals surface area contributed by atoms with Crippen LogP contribution in [0.5, 0.6) is 5.75 Å². The molecule has 1 fully saturated rings. The average Bonchev–Trinajstić information content (AvgIpc) is 3.61. The zero-order valence-electron chi connectivity index (χ0n) is 18.4. The van der Waals surface area contributed by atoms with Crippen LogP contribution in [0.1, 0.15) is 4.88 Å². The average molecular weight is 516 g/mol. The SMILES string of the molecule is Clc1ccc(C2(Cn3ccnc3)OCC(COc3ccc(-c4ccccc4)cc3)O2)s1.O=[N+]([O-])O. The molecule has 0 saturated carbocycles. The van der Waals surface area contributed by atoms with E-state index < -0.39 is 10.9 Å². The number of ether oxygens (including phenoxy) is 3. The fourth-order valence-electron chi connectivity index (χ4n) is 3.64. The highest BCUT2D eigenvalue weighted by atomic mass is 35.5. The van der Waals surface area contributed by atoms with E-state index in [1.165, 1.54) is 16.9 Å². The van der Waals surface area contributed by atoms with Crippen molar-refractivity contribution in [2.45, 2.75) is 18.4 Å². The summed E-state index contributed by atoms with van der Waals surface area (Å²) in [5.74, 6) is -0.0986. The Morgan fingerprint density at radius 3 is 2.51 bits per heavy atom. The lowest BCUT2D eigenvalue weighted by molar-refractivity contribution is -0.742. The van der Waals surface area contributed by atoms with Crippen molar-refractivity contribution in [3.63, 3.8) is 0 Å². The summed E-state index contributed by atoms with van der Waals surface area (Å²) >= 11 is 7.64. The molecule has 2 unspecified atom stereocenters. The van der Waals surface area contributed by atoms with Crippen LogP contribution in [-0.2, 0) is 21.8 Å². The fraction of sp³-hybridized carbons (Fsp3) is 0.208. The summed E-state index contributed by atoms with van der Waals surface area (Å²) in [6.07, 6.45) is 5.19. The van der Waals surface area contributed by atoms with Crippen LogP contribution in [0.2, 0.25) is 4.34 Å². The van der Waals surface area contributed by atoms with E-state index in [0.717, 1.165) is 16.2 Å². The van der Waals surface area contributed by atoms with Crippen LogP contribution in [-0.4, -0.2) is 39.2 Å². The van der Waals surface area contributed by atoms with Crippen LogP contribution in [0.4, 0.5) is 0 Å². The molecule has 0 radical (unpaired) electrons. The van der Waals surface area contributed by atoms with Gasteiger partial charge in [-0.2, -0.15) is 0 Å². The zero-order chi connectivity index (χ0) is 24.7. The Balaban J connectivity index is 0.000000672. The number of nitrogens with zero attached hydrogens (tertiary/aromatic N) is 3. The van der Waals surface area contributed by atoms with Crippen molar-refractivity contribution in [2.75, 3.05) is 13.2 Å². The van der Waals surface area contributed by atoms with Gasteiger partial charge in [-0.25, -0.2) is 4.98 Å². The van der Waals surface area contributed by atoms with E-state index in [0.29, 0.717) is 24.1 Å². The van der Waals surface area contributed by atoms with Gasteiger partial charge < -0.3 is 24.0 Å². The van der Waals surface area contributed by atoms with Crippen molar-refractivity contribution in [2.24, 2.45) is 0 Å². The van der Waals surface area contributed by atoms with Crippen LogP contribution >= 0.6 is 22.9 Å². The monoisotopic (exact) mass is 515 g/mol. The predicted octanol–water partition coefficient (Wildman–Crippen LogP) is 5.26. The summed E-state index contributed by atoms with van der Waals surface area (Å²) in [6.45, 7) is 1.33. The maximum atomic E-state index is 8.36. The molecule has 0 amide bonds. The van der Waals surface area contributed by atoms with E-state index >= 15 is 0 Å². The minimum absolute atomic E-state index is 0.196. The third-order valence-corrected chi connectivity index (χ3v) is 6.51. The lowest BCUT2D eigenvalue weighted by Crippen LogP contribution is -2.33. The van der Waals surface area contributed by atoms with Crippen LogP contribution in [0, 0.1) is 10.1 Å². The largest absolute Gasteiger partial charge is 0.491 e. The van der Waals surface area contributed by atoms with Crippen molar-refractivity contribution in [1.29, 1.82) is 0 Å². The number of hydrogen-bond acceptors (Lipinski definition) is 7. The second-order valence-corrected chi connectivity index (χ2v) is 9.30. The molecule has 5 rings (SSSR count). The molecule has 3 heterocycles. The standard InChI is InChI=1S/C24H21ClN2O3S.HNO3/c25-23-11-10-22(31-23)24(16-27-13-12-26-17-27)29-15-21(30-24)14-28-20-8-6-19(7-9-20)18-4-2-1-3-5-18;2-1(3)4/h1-13,17,21H,14-16H2;(H,2,3,4). The third-order valence-electron chi connectivity index (χ3n) is 5.16. The number of hydrogen-bond donors (Lipinski definition) is 1. The number of rotatable bonds is 7. The molecule has 0 spiro atoms. The van der Waals surface area contributed by atoms with Gasteiger partial charge in [0.15, 0.2) is 0 Å². The van der Waals surface area contributed by atoms with Gasteiger partial charge in [-0.3, -0.25) is 0 Å². The molecule has 0 bridgehead atoms. The van der Waals surface area contributed by atoms with E-state index in [2.05, 4.69) is 29.2 Å². The molecular weight excluding hydrogens is 494 g/mol. The van der Waals surface area contributed by atoms with Gasteiger partial charge in [0.1, 0.15) is 18.5 Å². The Kier molecular flexibility index (Phi) is 7.98. The molecule has 2 aromatic carbocycles. The third kappa shape index (κ3) is 6.58. The molecule has 182 valence electrons. The van der Waals surface area contributed by atoms with Gasteiger partial charge in [0, 0.05) is 12.4 Å². The molecule has 11 heteroatoms. The van der Waals surface area contributed by atoms with Crippen molar-refractivity contribution in [1.82, 2.24) is 9.55 Å². The summed E-state index contributed by atoms with van der Waals surface area (Å²) in [6, 6.07) is 22.2. The van der Waals surface area contributed by atoms with Gasteiger partial charge in [0.2, 0.25) is 5.79 Å². The lowest BCUT2D eigenvalue weighted by Gasteiger charge is -2.27. The zero-order valence-corrected chi connectivity index (χ0v) is 20.0. The van der Waals surface area contributed by atoms with E-state index in [4.69, 9.17) is 41.1 Å². The number of imidazole rings is 1. The second-order valence-electron chi connectivity index (χ2n) is 7.58. The first-order valence-electron chi connectivity index (χ1n) is 10.6. The molecule has 1 saturated heterocycles. The molecule has 4 aromatic rings. The maximum Gasteiger partial charge on any atom is 0.291 e. The number of aromatic nitrogens is 2. The van der Waals surface area contributed by atoms with Crippen molar-refractivity contribution in [3.8, 4) is 16.9 Å². The Bertz CT molecular complexity index is 1220. The smallest absolute Gasteiger partial charge is 0.291 e. The van der Waals surface area contributed by atoms with Gasteiger partial charge in [0.25, 0.3) is 5.09 Å². The Morgan fingerprint density at radius 1 is 1.17 bits per heavy atom. The Morgan fingerprint density at radius 2 is 1.89 bits per heavy atom. The van der Waals surface area contributed by atoms with E-state index in [1.807, 2.05) is 53.2 Å². The topological polar surface area (TPSA) is 109 Å². The first kappa shape index (κ1) is 24.7. The summed E-state index contributed by atoms with van der Waals surface area (Å²) in [4.78, 5) is 13.4. The second kappa shape index (κ2) is 11.3. The minimum Gasteiger partial charge on any atom is -0.491 e. The van der Waals surface area contributed by atoms with Crippen LogP contribution in [0.15, 0.2) is 85.5 Å². The first-order chi connectivity index (χ1) is 16.9. The fourth-order valence-corrected chi connectivity index (χ4v) is 4.76. The highest BCUT2D eigenvalue weighted by Gasteiger charge is 2.45. The van der Waals surface area contributed by atoms with Crippen LogP contribution in [0.3, 0.4) is 0 Å². The first-order valence-corrected chi connectivity index (χ1v) is 11.8. The molecule has 1 aliphatic rings. The van der Waals surface area contributed by atoms with Gasteiger partial charge in [0.05, 0.1) is 28.7 Å². The summed E-state index contributed by atoms with van der Waals surface area (Å²) < 4.78 is 21.2. The van der Waals surface area contributed by atoms with Crippen molar-refractivity contribution >= 4 is 22.9 Å². The van der Waals surface area contributed by atoms with Gasteiger partial charge >= 0.3 is 0 Å². The molecule has 35 heavy (non-hydrogen) atoms. The number of thiophene rings is 1. The predicted molar refractivity (Wildman–Crippen MR) is 130 cm³/mol. The molecule has 2 atom stereocenters. The van der Waals surface area contributed by atoms with Crippen molar-refractivity contribution in [3.05, 3.63) is 105 Å². The molecule has 1 N–H and O–H groups in total. The molecule has 1 aliphatic heterocycles. The minimum atomic E-state index is -1.50. The number of halogens is 1. The summed E-state index contributed by atoms with van der Waals surface area (Å²) in [5, 5.41) is 13.6. The molecule has 2 aromatic heterocycles. The summed E-state index contributed by atoms with van der Waals surface area (Å²) in [7, 11) is 0. The highest BCUT2D eigenvalue weighted by Crippen LogP contribution is 2.41. The normalized spacial score (nSPS) is 19.1. The maximum absolute atomic E-state index is 8.36. The summed E-state index contributed by atoms with van der Waals surface area (Å²) in [5.41, 5.74) is 2.34.